The lowest BCUT2D eigenvalue weighted by Crippen LogP contribution is -2.38. The van der Waals surface area contributed by atoms with Crippen molar-refractivity contribution in [2.24, 2.45) is 5.92 Å². The van der Waals surface area contributed by atoms with Gasteiger partial charge in [-0.25, -0.2) is 0 Å². The number of hydrogen-bond donors (Lipinski definition) is 2. The second-order valence-corrected chi connectivity index (χ2v) is 4.97. The maximum Gasteiger partial charge on any atom is 0.102 e. The average molecular weight is 232 g/mol. The molecule has 0 aliphatic carbocycles. The number of nitriles is 1. The van der Waals surface area contributed by atoms with E-state index in [4.69, 9.17) is 5.26 Å². The zero-order valence-electron chi connectivity index (χ0n) is 10.9. The Kier molecular flexibility index (Phi) is 4.14. The minimum atomic E-state index is -0.781. The van der Waals surface area contributed by atoms with Gasteiger partial charge in [0, 0.05) is 6.54 Å². The van der Waals surface area contributed by atoms with Crippen LogP contribution in [-0.4, -0.2) is 17.3 Å². The molecule has 17 heavy (non-hydrogen) atoms. The van der Waals surface area contributed by atoms with Crippen LogP contribution in [0.5, 0.6) is 0 Å². The molecule has 1 atom stereocenters. The third-order valence-corrected chi connectivity index (χ3v) is 3.27. The fraction of sp³-hybridized carbons (Fsp3) is 0.500. The maximum absolute atomic E-state index is 10.1. The monoisotopic (exact) mass is 232 g/mol. The molecular weight excluding hydrogens is 212 g/mol. The van der Waals surface area contributed by atoms with Crippen LogP contribution in [0, 0.1) is 24.2 Å². The van der Waals surface area contributed by atoms with Crippen molar-refractivity contribution in [1.82, 2.24) is 0 Å². The number of hydrogen-bond acceptors (Lipinski definition) is 3. The first-order valence-electron chi connectivity index (χ1n) is 5.84. The zero-order chi connectivity index (χ0) is 13.1. The van der Waals surface area contributed by atoms with Crippen molar-refractivity contribution >= 4 is 5.69 Å². The van der Waals surface area contributed by atoms with E-state index in [1.54, 1.807) is 6.92 Å². The Balaban J connectivity index is 2.84. The predicted octanol–water partition coefficient (Wildman–Crippen LogP) is 2.69. The highest BCUT2D eigenvalue weighted by atomic mass is 16.3. The van der Waals surface area contributed by atoms with Crippen molar-refractivity contribution in [2.75, 3.05) is 11.9 Å². The molecule has 1 aromatic rings. The number of rotatable bonds is 4. The van der Waals surface area contributed by atoms with Gasteiger partial charge < -0.3 is 10.4 Å². The number of aliphatic hydroxyl groups is 1. The standard InChI is InChI=1S/C14H20N2O/c1-10(2)14(4,17)9-16-13-7-5-6-11(3)12(13)8-15/h5-7,10,16-17H,9H2,1-4H3. The number of benzene rings is 1. The number of nitrogens with one attached hydrogen (secondary N) is 1. The van der Waals surface area contributed by atoms with Crippen LogP contribution in [0.25, 0.3) is 0 Å². The molecule has 0 bridgehead atoms. The first-order chi connectivity index (χ1) is 7.88. The van der Waals surface area contributed by atoms with Crippen molar-refractivity contribution in [3.8, 4) is 6.07 Å². The van der Waals surface area contributed by atoms with Crippen LogP contribution < -0.4 is 5.32 Å². The van der Waals surface area contributed by atoms with Crippen LogP contribution in [-0.2, 0) is 0 Å². The van der Waals surface area contributed by atoms with Gasteiger partial charge in [-0.3, -0.25) is 0 Å². The fourth-order valence-electron chi connectivity index (χ4n) is 1.44. The molecule has 0 radical (unpaired) electrons. The first kappa shape index (κ1) is 13.5. The molecule has 0 fully saturated rings. The summed E-state index contributed by atoms with van der Waals surface area (Å²) >= 11 is 0. The molecule has 92 valence electrons. The lowest BCUT2D eigenvalue weighted by molar-refractivity contribution is 0.0266. The molecule has 0 saturated carbocycles. The second kappa shape index (κ2) is 5.20. The third kappa shape index (κ3) is 3.21. The molecule has 3 heteroatoms. The van der Waals surface area contributed by atoms with Crippen molar-refractivity contribution < 1.29 is 5.11 Å². The Morgan fingerprint density at radius 1 is 1.47 bits per heavy atom. The molecule has 2 N–H and O–H groups in total. The lowest BCUT2D eigenvalue weighted by atomic mass is 9.92. The SMILES string of the molecule is Cc1cccc(NCC(C)(O)C(C)C)c1C#N. The highest BCUT2D eigenvalue weighted by Gasteiger charge is 2.24. The Morgan fingerprint density at radius 3 is 2.65 bits per heavy atom. The summed E-state index contributed by atoms with van der Waals surface area (Å²) in [6, 6.07) is 7.86. The van der Waals surface area contributed by atoms with E-state index < -0.39 is 5.60 Å². The van der Waals surface area contributed by atoms with Crippen LogP contribution >= 0.6 is 0 Å². The topological polar surface area (TPSA) is 56.0 Å². The van der Waals surface area contributed by atoms with Gasteiger partial charge in [-0.2, -0.15) is 5.26 Å². The van der Waals surface area contributed by atoms with E-state index in [9.17, 15) is 5.11 Å². The molecule has 0 saturated heterocycles. The summed E-state index contributed by atoms with van der Waals surface area (Å²) in [7, 11) is 0. The summed E-state index contributed by atoms with van der Waals surface area (Å²) in [5.74, 6) is 0.158. The van der Waals surface area contributed by atoms with Crippen LogP contribution in [0.2, 0.25) is 0 Å². The minimum Gasteiger partial charge on any atom is -0.388 e. The average Bonchev–Trinajstić information content (AvgIpc) is 2.26. The molecule has 0 aromatic heterocycles. The van der Waals surface area contributed by atoms with Crippen LogP contribution in [0.4, 0.5) is 5.69 Å². The molecule has 0 spiro atoms. The highest BCUT2D eigenvalue weighted by molar-refractivity contribution is 5.60. The molecule has 3 nitrogen and oxygen atoms in total. The number of anilines is 1. The summed E-state index contributed by atoms with van der Waals surface area (Å²) in [6.07, 6.45) is 0. The number of aryl methyl sites for hydroxylation is 1. The van der Waals surface area contributed by atoms with E-state index in [2.05, 4.69) is 11.4 Å². The Labute approximate surface area is 103 Å². The molecule has 0 aliphatic rings. The molecule has 0 aliphatic heterocycles. The predicted molar refractivity (Wildman–Crippen MR) is 69.8 cm³/mol. The largest absolute Gasteiger partial charge is 0.388 e. The van der Waals surface area contributed by atoms with Gasteiger partial charge in [0.2, 0.25) is 0 Å². The minimum absolute atomic E-state index is 0.158. The summed E-state index contributed by atoms with van der Waals surface area (Å²) in [4.78, 5) is 0. The van der Waals surface area contributed by atoms with E-state index in [1.165, 1.54) is 0 Å². The Morgan fingerprint density at radius 2 is 2.12 bits per heavy atom. The first-order valence-corrected chi connectivity index (χ1v) is 5.84. The van der Waals surface area contributed by atoms with Crippen LogP contribution in [0.3, 0.4) is 0 Å². The normalized spacial score (nSPS) is 14.2. The molecule has 1 unspecified atom stereocenters. The van der Waals surface area contributed by atoms with Gasteiger partial charge in [0.15, 0.2) is 0 Å². The quantitative estimate of drug-likeness (QED) is 0.839. The summed E-state index contributed by atoms with van der Waals surface area (Å²) < 4.78 is 0. The van der Waals surface area contributed by atoms with Crippen molar-refractivity contribution in [1.29, 1.82) is 5.26 Å². The summed E-state index contributed by atoms with van der Waals surface area (Å²) in [6.45, 7) is 8.09. The molecule has 1 rings (SSSR count). The Bertz CT molecular complexity index is 430. The smallest absolute Gasteiger partial charge is 0.102 e. The van der Waals surface area contributed by atoms with Gasteiger partial charge in [0.1, 0.15) is 6.07 Å². The lowest BCUT2D eigenvalue weighted by Gasteiger charge is -2.28. The van der Waals surface area contributed by atoms with E-state index in [-0.39, 0.29) is 5.92 Å². The van der Waals surface area contributed by atoms with Crippen LogP contribution in [0.15, 0.2) is 18.2 Å². The zero-order valence-corrected chi connectivity index (χ0v) is 10.9. The van der Waals surface area contributed by atoms with Crippen LogP contribution in [0.1, 0.15) is 31.9 Å². The van der Waals surface area contributed by atoms with Crippen molar-refractivity contribution in [3.05, 3.63) is 29.3 Å². The van der Waals surface area contributed by atoms with Crippen molar-refractivity contribution in [3.63, 3.8) is 0 Å². The van der Waals surface area contributed by atoms with Gasteiger partial charge in [-0.1, -0.05) is 26.0 Å². The summed E-state index contributed by atoms with van der Waals surface area (Å²) in [5.41, 5.74) is 1.60. The molecule has 0 heterocycles. The van der Waals surface area contributed by atoms with E-state index in [0.29, 0.717) is 12.1 Å². The fourth-order valence-corrected chi connectivity index (χ4v) is 1.44. The van der Waals surface area contributed by atoms with Gasteiger partial charge in [0.05, 0.1) is 16.9 Å². The maximum atomic E-state index is 10.1. The highest BCUT2D eigenvalue weighted by Crippen LogP contribution is 2.21. The molecule has 0 amide bonds. The third-order valence-electron chi connectivity index (χ3n) is 3.27. The van der Waals surface area contributed by atoms with Gasteiger partial charge >= 0.3 is 0 Å². The molecule has 1 aromatic carbocycles. The van der Waals surface area contributed by atoms with Gasteiger partial charge in [-0.05, 0) is 31.4 Å². The van der Waals surface area contributed by atoms with E-state index in [0.717, 1.165) is 11.3 Å². The number of nitrogens with zero attached hydrogens (tertiary/aromatic N) is 1. The van der Waals surface area contributed by atoms with E-state index >= 15 is 0 Å². The van der Waals surface area contributed by atoms with Gasteiger partial charge in [-0.15, -0.1) is 0 Å². The molecular formula is C14H20N2O. The Hall–Kier alpha value is -1.53. The van der Waals surface area contributed by atoms with Gasteiger partial charge in [0.25, 0.3) is 0 Å². The van der Waals surface area contributed by atoms with Crippen molar-refractivity contribution in [2.45, 2.75) is 33.3 Å². The summed E-state index contributed by atoms with van der Waals surface area (Å²) in [5, 5.41) is 22.4. The second-order valence-electron chi connectivity index (χ2n) is 4.97. The van der Waals surface area contributed by atoms with E-state index in [1.807, 2.05) is 39.0 Å².